The van der Waals surface area contributed by atoms with Crippen molar-refractivity contribution >= 4 is 35.0 Å². The van der Waals surface area contributed by atoms with Crippen LogP contribution in [-0.4, -0.2) is 92.7 Å². The van der Waals surface area contributed by atoms with Gasteiger partial charge in [-0.25, -0.2) is 19.7 Å². The van der Waals surface area contributed by atoms with Gasteiger partial charge in [0.25, 0.3) is 11.7 Å². The van der Waals surface area contributed by atoms with Crippen molar-refractivity contribution in [2.24, 2.45) is 0 Å². The van der Waals surface area contributed by atoms with Crippen molar-refractivity contribution in [1.29, 1.82) is 0 Å². The number of carbonyl (C=O) groups excluding carboxylic acids is 3. The standard InChI is InChI=1S/C26H23N5O10/c1-11(32)36-19-17-13(7-15-26(40-17)20-18(39-25(34)41-26)14(37-15)8-35-20)38-24(19)31-10-29-16-21(27-9-28-22(16)31)30-23(33)12-5-3-2-4-6-12/h2-6,9-10,13-15,17-20,24H,7-8H2,1H3,(H,27,28,30,33)/t13-,14-,15-,17+,18-,19-,20+,24-,26+/m1/s1. The largest absolute Gasteiger partial charge is 0.511 e. The van der Waals surface area contributed by atoms with Gasteiger partial charge in [0.05, 0.1) is 19.0 Å². The topological polar surface area (TPSA) is 171 Å². The maximum atomic E-state index is 12.8. The summed E-state index contributed by atoms with van der Waals surface area (Å²) in [6, 6.07) is 8.69. The number of aromatic nitrogens is 4. The fraction of sp³-hybridized carbons (Fsp3) is 0.462. The van der Waals surface area contributed by atoms with Gasteiger partial charge < -0.3 is 38.5 Å². The number of nitrogens with one attached hydrogen (secondary N) is 1. The number of nitrogens with zero attached hydrogens (tertiary/aromatic N) is 4. The number of rotatable bonds is 4. The van der Waals surface area contributed by atoms with E-state index in [9.17, 15) is 14.4 Å². The lowest BCUT2D eigenvalue weighted by Gasteiger charge is -2.54. The Morgan fingerprint density at radius 2 is 1.95 bits per heavy atom. The Hall–Kier alpha value is -4.18. The SMILES string of the molecule is CC(=O)O[C@@H]1[C@H]2O[C@@]34OC(=O)O[C@@H]5[C@@H](CO[C@@H]53)O[C@@H]4C[C@H]2O[C@H]1n1cnc2c(NC(=O)c3ccccc3)ncnc21. The van der Waals surface area contributed by atoms with Crippen LogP contribution < -0.4 is 5.32 Å². The predicted octanol–water partition coefficient (Wildman–Crippen LogP) is 1.09. The van der Waals surface area contributed by atoms with Gasteiger partial charge in [-0.3, -0.25) is 14.2 Å². The van der Waals surface area contributed by atoms with Crippen LogP contribution in [0.25, 0.3) is 11.2 Å². The quantitative estimate of drug-likeness (QED) is 0.446. The fourth-order valence-corrected chi connectivity index (χ4v) is 6.35. The predicted molar refractivity (Wildman–Crippen MR) is 131 cm³/mol. The number of hydrogen-bond acceptors (Lipinski definition) is 13. The molecule has 1 aromatic carbocycles. The zero-order valence-corrected chi connectivity index (χ0v) is 21.4. The average molecular weight is 565 g/mol. The summed E-state index contributed by atoms with van der Waals surface area (Å²) in [4.78, 5) is 50.4. The molecular formula is C26H23N5O10. The van der Waals surface area contributed by atoms with Gasteiger partial charge in [0, 0.05) is 18.9 Å². The molecule has 0 radical (unpaired) electrons. The van der Waals surface area contributed by atoms with Crippen LogP contribution in [0.4, 0.5) is 10.6 Å². The molecule has 212 valence electrons. The highest BCUT2D eigenvalue weighted by Gasteiger charge is 2.73. The summed E-state index contributed by atoms with van der Waals surface area (Å²) in [6.45, 7) is 1.50. The van der Waals surface area contributed by atoms with E-state index in [-0.39, 0.29) is 24.8 Å². The Kier molecular flexibility index (Phi) is 5.35. The third-order valence-electron chi connectivity index (χ3n) is 8.02. The zero-order chi connectivity index (χ0) is 27.9. The molecule has 1 spiro atoms. The van der Waals surface area contributed by atoms with Crippen LogP contribution in [-0.2, 0) is 38.0 Å². The highest BCUT2D eigenvalue weighted by atomic mass is 16.9. The van der Waals surface area contributed by atoms with Crippen molar-refractivity contribution in [1.82, 2.24) is 19.5 Å². The summed E-state index contributed by atoms with van der Waals surface area (Å²) < 4.78 is 43.2. The molecule has 3 aromatic rings. The first-order valence-corrected chi connectivity index (χ1v) is 13.1. The molecule has 5 saturated heterocycles. The Morgan fingerprint density at radius 3 is 2.78 bits per heavy atom. The van der Waals surface area contributed by atoms with Gasteiger partial charge in [-0.05, 0) is 12.1 Å². The van der Waals surface area contributed by atoms with E-state index in [1.54, 1.807) is 28.8 Å². The summed E-state index contributed by atoms with van der Waals surface area (Å²) in [7, 11) is 0. The minimum atomic E-state index is -1.58. The number of ether oxygens (including phenoxy) is 7. The van der Waals surface area contributed by atoms with Gasteiger partial charge in [-0.15, -0.1) is 0 Å². The minimum Gasteiger partial charge on any atom is -0.455 e. The maximum Gasteiger partial charge on any atom is 0.511 e. The van der Waals surface area contributed by atoms with E-state index in [1.807, 2.05) is 6.07 Å². The van der Waals surface area contributed by atoms with Gasteiger partial charge >= 0.3 is 12.1 Å². The van der Waals surface area contributed by atoms with Crippen molar-refractivity contribution in [3.63, 3.8) is 0 Å². The second-order valence-corrected chi connectivity index (χ2v) is 10.4. The van der Waals surface area contributed by atoms with E-state index in [4.69, 9.17) is 33.2 Å². The van der Waals surface area contributed by atoms with E-state index < -0.39 is 66.9 Å². The summed E-state index contributed by atoms with van der Waals surface area (Å²) in [5, 5.41) is 2.77. The fourth-order valence-electron chi connectivity index (χ4n) is 6.35. The second-order valence-electron chi connectivity index (χ2n) is 10.4. The van der Waals surface area contributed by atoms with E-state index in [0.29, 0.717) is 16.7 Å². The van der Waals surface area contributed by atoms with Crippen LogP contribution in [0.5, 0.6) is 0 Å². The molecule has 5 aliphatic rings. The van der Waals surface area contributed by atoms with E-state index in [0.717, 1.165) is 0 Å². The van der Waals surface area contributed by atoms with E-state index >= 15 is 0 Å². The third kappa shape index (κ3) is 3.66. The molecule has 15 nitrogen and oxygen atoms in total. The van der Waals surface area contributed by atoms with Crippen LogP contribution in [0.15, 0.2) is 43.0 Å². The van der Waals surface area contributed by atoms with E-state index in [1.165, 1.54) is 19.6 Å². The summed E-state index contributed by atoms with van der Waals surface area (Å²) >= 11 is 0. The molecule has 9 atom stereocenters. The zero-order valence-electron chi connectivity index (χ0n) is 21.4. The molecule has 4 bridgehead atoms. The van der Waals surface area contributed by atoms with Crippen molar-refractivity contribution in [3.05, 3.63) is 48.5 Å². The molecule has 2 aromatic heterocycles. The molecule has 1 N–H and O–H groups in total. The molecule has 41 heavy (non-hydrogen) atoms. The van der Waals surface area contributed by atoms with Crippen molar-refractivity contribution in [3.8, 4) is 0 Å². The molecule has 7 heterocycles. The van der Waals surface area contributed by atoms with Gasteiger partial charge in [-0.1, -0.05) is 18.2 Å². The number of anilines is 1. The van der Waals surface area contributed by atoms with Crippen LogP contribution in [0.2, 0.25) is 0 Å². The minimum absolute atomic E-state index is 0.199. The highest BCUT2D eigenvalue weighted by molar-refractivity contribution is 6.06. The molecule has 1 amide bonds. The second kappa shape index (κ2) is 8.91. The Labute approximate surface area is 231 Å². The van der Waals surface area contributed by atoms with Gasteiger partial charge in [0.15, 0.2) is 41.5 Å². The molecular weight excluding hydrogens is 542 g/mol. The number of imidazole rings is 1. The average Bonchev–Trinajstić information content (AvgIpc) is 3.62. The van der Waals surface area contributed by atoms with E-state index in [2.05, 4.69) is 20.3 Å². The number of carbonyl (C=O) groups is 3. The highest BCUT2D eigenvalue weighted by Crippen LogP contribution is 2.53. The number of hydrogen-bond donors (Lipinski definition) is 1. The number of amides is 1. The van der Waals surface area contributed by atoms with Crippen molar-refractivity contribution < 1.29 is 47.5 Å². The summed E-state index contributed by atoms with van der Waals surface area (Å²) in [5.41, 5.74) is 1.09. The van der Waals surface area contributed by atoms with Crippen molar-refractivity contribution in [2.75, 3.05) is 11.9 Å². The van der Waals surface area contributed by atoms with Gasteiger partial charge in [-0.2, -0.15) is 0 Å². The first kappa shape index (κ1) is 24.6. The first-order chi connectivity index (χ1) is 19.9. The molecule has 0 unspecified atom stereocenters. The lowest BCUT2D eigenvalue weighted by Crippen LogP contribution is -2.73. The monoisotopic (exact) mass is 565 g/mol. The normalized spacial score (nSPS) is 36.6. The number of benzene rings is 1. The van der Waals surface area contributed by atoms with Crippen molar-refractivity contribution in [2.45, 2.75) is 68.1 Å². The molecule has 15 heteroatoms. The Bertz CT molecular complexity index is 1570. The van der Waals surface area contributed by atoms with Crippen LogP contribution >= 0.6 is 0 Å². The molecule has 5 fully saturated rings. The molecule has 0 aliphatic carbocycles. The molecule has 5 aliphatic heterocycles. The maximum absolute atomic E-state index is 12.8. The molecule has 8 rings (SSSR count). The number of esters is 1. The number of fused-ring (bicyclic) bond motifs is 2. The summed E-state index contributed by atoms with van der Waals surface area (Å²) in [5.74, 6) is -2.32. The Balaban J connectivity index is 1.13. The first-order valence-electron chi connectivity index (χ1n) is 13.1. The van der Waals surface area contributed by atoms with Crippen LogP contribution in [0, 0.1) is 0 Å². The van der Waals surface area contributed by atoms with Gasteiger partial charge in [0.1, 0.15) is 24.6 Å². The van der Waals surface area contributed by atoms with Crippen LogP contribution in [0.3, 0.4) is 0 Å². The summed E-state index contributed by atoms with van der Waals surface area (Å²) in [6.07, 6.45) is -3.74. The Morgan fingerprint density at radius 1 is 1.10 bits per heavy atom. The lowest BCUT2D eigenvalue weighted by atomic mass is 9.85. The third-order valence-corrected chi connectivity index (χ3v) is 8.02. The van der Waals surface area contributed by atoms with Gasteiger partial charge in [0.2, 0.25) is 0 Å². The smallest absolute Gasteiger partial charge is 0.455 e. The molecule has 0 saturated carbocycles. The lowest BCUT2D eigenvalue weighted by molar-refractivity contribution is -0.398. The van der Waals surface area contributed by atoms with Crippen LogP contribution in [0.1, 0.15) is 29.9 Å².